The third-order valence-corrected chi connectivity index (χ3v) is 3.49. The highest BCUT2D eigenvalue weighted by molar-refractivity contribution is 6.33. The molecule has 3 N–H and O–H groups in total. The van der Waals surface area contributed by atoms with E-state index in [4.69, 9.17) is 16.3 Å². The van der Waals surface area contributed by atoms with Gasteiger partial charge in [0.25, 0.3) is 0 Å². The quantitative estimate of drug-likeness (QED) is 0.677. The van der Waals surface area contributed by atoms with Gasteiger partial charge in [0.15, 0.2) is 0 Å². The number of carbonyl (C=O) groups is 1. The molecule has 0 fully saturated rings. The number of amides is 2. The summed E-state index contributed by atoms with van der Waals surface area (Å²) in [5, 5.41) is 9.26. The summed E-state index contributed by atoms with van der Waals surface area (Å²) in [6, 6.07) is 14.7. The maximum absolute atomic E-state index is 11.9. The van der Waals surface area contributed by atoms with E-state index in [2.05, 4.69) is 16.0 Å². The summed E-state index contributed by atoms with van der Waals surface area (Å²) in [5.74, 6) is 0. The standard InChI is InChI=1S/C17H20ClN3O2/c1-23-11-10-19-14-8-6-13(7-9-14)12-20-17(22)21-16-5-3-2-4-15(16)18/h2-9,19H,10-12H2,1H3,(H2,20,21,22). The Labute approximate surface area is 141 Å². The number of hydrogen-bond acceptors (Lipinski definition) is 3. The molecule has 0 aliphatic rings. The van der Waals surface area contributed by atoms with Crippen LogP contribution in [0.1, 0.15) is 5.56 Å². The molecule has 5 nitrogen and oxygen atoms in total. The SMILES string of the molecule is COCCNc1ccc(CNC(=O)Nc2ccccc2Cl)cc1. The first-order valence-corrected chi connectivity index (χ1v) is 7.68. The van der Waals surface area contributed by atoms with E-state index in [-0.39, 0.29) is 6.03 Å². The van der Waals surface area contributed by atoms with Gasteiger partial charge >= 0.3 is 6.03 Å². The Hall–Kier alpha value is -2.24. The molecular weight excluding hydrogens is 314 g/mol. The summed E-state index contributed by atoms with van der Waals surface area (Å²) in [7, 11) is 1.67. The van der Waals surface area contributed by atoms with E-state index < -0.39 is 0 Å². The fraction of sp³-hybridized carbons (Fsp3) is 0.235. The van der Waals surface area contributed by atoms with Gasteiger partial charge in [0.2, 0.25) is 0 Å². The second-order valence-electron chi connectivity index (χ2n) is 4.90. The second-order valence-corrected chi connectivity index (χ2v) is 5.31. The first-order chi connectivity index (χ1) is 11.2. The molecule has 0 radical (unpaired) electrons. The zero-order valence-electron chi connectivity index (χ0n) is 12.9. The van der Waals surface area contributed by atoms with Crippen molar-refractivity contribution in [2.24, 2.45) is 0 Å². The fourth-order valence-electron chi connectivity index (χ4n) is 1.95. The highest BCUT2D eigenvalue weighted by atomic mass is 35.5. The van der Waals surface area contributed by atoms with Crippen molar-refractivity contribution in [2.75, 3.05) is 30.9 Å². The normalized spacial score (nSPS) is 10.2. The van der Waals surface area contributed by atoms with Crippen molar-refractivity contribution in [3.63, 3.8) is 0 Å². The van der Waals surface area contributed by atoms with E-state index >= 15 is 0 Å². The molecule has 0 atom stereocenters. The molecule has 0 aliphatic carbocycles. The van der Waals surface area contributed by atoms with Gasteiger partial charge in [0, 0.05) is 25.9 Å². The van der Waals surface area contributed by atoms with Crippen molar-refractivity contribution >= 4 is 29.0 Å². The van der Waals surface area contributed by atoms with Crippen molar-refractivity contribution in [1.29, 1.82) is 0 Å². The number of nitrogens with one attached hydrogen (secondary N) is 3. The summed E-state index contributed by atoms with van der Waals surface area (Å²) in [4.78, 5) is 11.9. The molecule has 0 heterocycles. The summed E-state index contributed by atoms with van der Waals surface area (Å²) in [5.41, 5.74) is 2.62. The number of rotatable bonds is 7. The van der Waals surface area contributed by atoms with E-state index in [0.29, 0.717) is 23.9 Å². The van der Waals surface area contributed by atoms with Crippen LogP contribution in [0.2, 0.25) is 5.02 Å². The monoisotopic (exact) mass is 333 g/mol. The Kier molecular flexibility index (Phi) is 6.72. The van der Waals surface area contributed by atoms with E-state index in [0.717, 1.165) is 17.8 Å². The van der Waals surface area contributed by atoms with Gasteiger partial charge < -0.3 is 20.7 Å². The third kappa shape index (κ3) is 5.81. The lowest BCUT2D eigenvalue weighted by Crippen LogP contribution is -2.28. The highest BCUT2D eigenvalue weighted by Crippen LogP contribution is 2.20. The minimum Gasteiger partial charge on any atom is -0.383 e. The van der Waals surface area contributed by atoms with Crippen LogP contribution < -0.4 is 16.0 Å². The molecule has 0 aromatic heterocycles. The summed E-state index contributed by atoms with van der Waals surface area (Å²) < 4.78 is 4.98. The average Bonchev–Trinajstić information content (AvgIpc) is 2.56. The number of urea groups is 1. The highest BCUT2D eigenvalue weighted by Gasteiger charge is 2.04. The topological polar surface area (TPSA) is 62.4 Å². The molecule has 0 spiro atoms. The summed E-state index contributed by atoms with van der Waals surface area (Å²) >= 11 is 6.00. The van der Waals surface area contributed by atoms with Crippen LogP contribution in [0.3, 0.4) is 0 Å². The van der Waals surface area contributed by atoms with Gasteiger partial charge in [-0.2, -0.15) is 0 Å². The Morgan fingerprint density at radius 1 is 1.13 bits per heavy atom. The smallest absolute Gasteiger partial charge is 0.319 e. The molecule has 122 valence electrons. The second kappa shape index (κ2) is 9.02. The van der Waals surface area contributed by atoms with Gasteiger partial charge in [-0.3, -0.25) is 0 Å². The maximum Gasteiger partial charge on any atom is 0.319 e. The molecule has 6 heteroatoms. The molecule has 2 aromatic carbocycles. The van der Waals surface area contributed by atoms with Gasteiger partial charge in [0.1, 0.15) is 0 Å². The number of ether oxygens (including phenoxy) is 1. The van der Waals surface area contributed by atoms with E-state index in [1.54, 1.807) is 19.2 Å². The van der Waals surface area contributed by atoms with Crippen LogP contribution >= 0.6 is 11.6 Å². The molecule has 0 aliphatic heterocycles. The Morgan fingerprint density at radius 2 is 1.87 bits per heavy atom. The molecular formula is C17H20ClN3O2. The van der Waals surface area contributed by atoms with E-state index in [1.807, 2.05) is 36.4 Å². The number of para-hydroxylation sites is 1. The predicted octanol–water partition coefficient (Wildman–Crippen LogP) is 3.72. The van der Waals surface area contributed by atoms with Crippen LogP contribution in [0.25, 0.3) is 0 Å². The predicted molar refractivity (Wildman–Crippen MR) is 94.1 cm³/mol. The fourth-order valence-corrected chi connectivity index (χ4v) is 2.13. The number of anilines is 2. The first-order valence-electron chi connectivity index (χ1n) is 7.30. The minimum absolute atomic E-state index is 0.291. The molecule has 2 aromatic rings. The third-order valence-electron chi connectivity index (χ3n) is 3.16. The van der Waals surface area contributed by atoms with Crippen molar-refractivity contribution < 1.29 is 9.53 Å². The molecule has 2 amide bonds. The van der Waals surface area contributed by atoms with Gasteiger partial charge in [-0.25, -0.2) is 4.79 Å². The van der Waals surface area contributed by atoms with E-state index in [9.17, 15) is 4.79 Å². The number of benzene rings is 2. The molecule has 2 rings (SSSR count). The molecule has 0 unspecified atom stereocenters. The van der Waals surface area contributed by atoms with Crippen LogP contribution in [-0.2, 0) is 11.3 Å². The minimum atomic E-state index is -0.291. The summed E-state index contributed by atoms with van der Waals surface area (Å²) in [6.45, 7) is 1.86. The lowest BCUT2D eigenvalue weighted by atomic mass is 10.2. The van der Waals surface area contributed by atoms with Crippen molar-refractivity contribution in [3.05, 3.63) is 59.1 Å². The zero-order valence-corrected chi connectivity index (χ0v) is 13.7. The number of carbonyl (C=O) groups excluding carboxylic acids is 1. The van der Waals surface area contributed by atoms with Gasteiger partial charge in [-0.15, -0.1) is 0 Å². The largest absolute Gasteiger partial charge is 0.383 e. The zero-order chi connectivity index (χ0) is 16.5. The van der Waals surface area contributed by atoms with Crippen LogP contribution in [0, 0.1) is 0 Å². The lowest BCUT2D eigenvalue weighted by Gasteiger charge is -2.10. The Bertz CT molecular complexity index is 632. The molecule has 0 saturated carbocycles. The number of methoxy groups -OCH3 is 1. The van der Waals surface area contributed by atoms with Crippen molar-refractivity contribution in [1.82, 2.24) is 5.32 Å². The average molecular weight is 334 g/mol. The molecule has 0 bridgehead atoms. The van der Waals surface area contributed by atoms with Gasteiger partial charge in [-0.05, 0) is 29.8 Å². The van der Waals surface area contributed by atoms with Crippen LogP contribution in [0.15, 0.2) is 48.5 Å². The van der Waals surface area contributed by atoms with Gasteiger partial charge in [0.05, 0.1) is 17.3 Å². The molecule has 0 saturated heterocycles. The van der Waals surface area contributed by atoms with Crippen molar-refractivity contribution in [3.8, 4) is 0 Å². The number of hydrogen-bond donors (Lipinski definition) is 3. The van der Waals surface area contributed by atoms with Crippen molar-refractivity contribution in [2.45, 2.75) is 6.54 Å². The maximum atomic E-state index is 11.9. The van der Waals surface area contributed by atoms with Crippen LogP contribution in [0.4, 0.5) is 16.2 Å². The Morgan fingerprint density at radius 3 is 2.57 bits per heavy atom. The van der Waals surface area contributed by atoms with Gasteiger partial charge in [-0.1, -0.05) is 35.9 Å². The first kappa shape index (κ1) is 17.1. The Balaban J connectivity index is 1.79. The molecule has 23 heavy (non-hydrogen) atoms. The number of halogens is 1. The van der Waals surface area contributed by atoms with E-state index in [1.165, 1.54) is 0 Å². The van der Waals surface area contributed by atoms with Crippen LogP contribution in [0.5, 0.6) is 0 Å². The van der Waals surface area contributed by atoms with Crippen LogP contribution in [-0.4, -0.2) is 26.3 Å². The summed E-state index contributed by atoms with van der Waals surface area (Å²) in [6.07, 6.45) is 0. The lowest BCUT2D eigenvalue weighted by molar-refractivity contribution is 0.211.